The molecule has 5 rings (SSSR count). The molecule has 3 aliphatic rings. The van der Waals surface area contributed by atoms with Crippen LogP contribution in [-0.2, 0) is 4.79 Å². The molecule has 34 heavy (non-hydrogen) atoms. The molecule has 0 radical (unpaired) electrons. The van der Waals surface area contributed by atoms with Gasteiger partial charge < -0.3 is 4.90 Å². The van der Waals surface area contributed by atoms with E-state index >= 15 is 0 Å². The van der Waals surface area contributed by atoms with Gasteiger partial charge in [-0.3, -0.25) is 14.4 Å². The highest BCUT2D eigenvalue weighted by molar-refractivity contribution is 9.10. The highest BCUT2D eigenvalue weighted by Gasteiger charge is 2.71. The summed E-state index contributed by atoms with van der Waals surface area (Å²) in [5, 5.41) is 9.59. The minimum absolute atomic E-state index is 0.0808. The number of ketones is 3. The fourth-order valence-electron chi connectivity index (χ4n) is 5.71. The fourth-order valence-corrected chi connectivity index (χ4v) is 5.98. The van der Waals surface area contributed by atoms with Crippen molar-refractivity contribution in [3.63, 3.8) is 0 Å². The summed E-state index contributed by atoms with van der Waals surface area (Å²) in [6.45, 7) is 5.53. The maximum Gasteiger partial charge on any atom is 0.180 e. The van der Waals surface area contributed by atoms with Crippen molar-refractivity contribution in [3.8, 4) is 6.07 Å². The van der Waals surface area contributed by atoms with Gasteiger partial charge in [0.05, 0.1) is 17.7 Å². The van der Waals surface area contributed by atoms with Crippen LogP contribution in [0.1, 0.15) is 53.0 Å². The van der Waals surface area contributed by atoms with E-state index in [1.807, 2.05) is 45.0 Å². The molecule has 6 heteroatoms. The lowest BCUT2D eigenvalue weighted by Gasteiger charge is -2.34. The lowest BCUT2D eigenvalue weighted by atomic mass is 9.63. The molecule has 1 aliphatic carbocycles. The normalized spacial score (nSPS) is 24.6. The summed E-state index contributed by atoms with van der Waals surface area (Å²) in [5.74, 6) is -1.33. The Morgan fingerprint density at radius 3 is 2.15 bits per heavy atom. The topological polar surface area (TPSA) is 78.2 Å². The second kappa shape index (κ2) is 7.61. The highest BCUT2D eigenvalue weighted by atomic mass is 79.9. The number of allylic oxidation sites excluding steroid dienone is 2. The summed E-state index contributed by atoms with van der Waals surface area (Å²) in [6.07, 6.45) is 5.04. The summed E-state index contributed by atoms with van der Waals surface area (Å²) in [7, 11) is 0. The predicted octanol–water partition coefficient (Wildman–Crippen LogP) is 5.24. The Bertz CT molecular complexity index is 1310. The number of rotatable bonds is 2. The van der Waals surface area contributed by atoms with Gasteiger partial charge in [0.15, 0.2) is 17.3 Å². The standard InChI is InChI=1S/C28H23BrN2O3/c1-27(2,3)26(34)23-22(17-9-11-18(29)12-10-17)28(21-13-8-16(14-30)15-31(21)23)24(32)19-6-4-5-7-20(19)25(28)33/h4-13,15,21-23H,1-3H3. The molecular formula is C28H23BrN2O3. The number of Topliss-reactive ketones (excluding diaryl/α,β-unsaturated/α-hetero) is 3. The molecule has 1 spiro atoms. The Balaban J connectivity index is 1.84. The van der Waals surface area contributed by atoms with Crippen LogP contribution in [0.15, 0.2) is 76.9 Å². The predicted molar refractivity (Wildman–Crippen MR) is 131 cm³/mol. The molecule has 0 aromatic heterocycles. The van der Waals surface area contributed by atoms with Crippen LogP contribution in [-0.4, -0.2) is 34.3 Å². The average Bonchev–Trinajstić information content (AvgIpc) is 3.24. The van der Waals surface area contributed by atoms with Gasteiger partial charge in [0.1, 0.15) is 11.5 Å². The number of carbonyl (C=O) groups excluding carboxylic acids is 3. The van der Waals surface area contributed by atoms with Gasteiger partial charge in [-0.2, -0.15) is 5.26 Å². The van der Waals surface area contributed by atoms with E-state index in [1.54, 1.807) is 47.5 Å². The smallest absolute Gasteiger partial charge is 0.180 e. The summed E-state index contributed by atoms with van der Waals surface area (Å²) in [5.41, 5.74) is -0.325. The molecule has 2 aromatic rings. The molecule has 2 aliphatic heterocycles. The average molecular weight is 515 g/mol. The fraction of sp³-hybridized carbons (Fsp3) is 0.286. The molecule has 2 aromatic carbocycles. The van der Waals surface area contributed by atoms with Gasteiger partial charge in [0.2, 0.25) is 0 Å². The third-order valence-corrected chi connectivity index (χ3v) is 7.72. The lowest BCUT2D eigenvalue weighted by Crippen LogP contribution is -2.47. The van der Waals surface area contributed by atoms with Crippen LogP contribution >= 0.6 is 15.9 Å². The molecule has 0 N–H and O–H groups in total. The first-order valence-electron chi connectivity index (χ1n) is 11.2. The Morgan fingerprint density at radius 2 is 1.62 bits per heavy atom. The molecule has 1 saturated heterocycles. The first kappa shape index (κ1) is 22.5. The van der Waals surface area contributed by atoms with Gasteiger partial charge in [0, 0.05) is 33.1 Å². The maximum atomic E-state index is 14.2. The lowest BCUT2D eigenvalue weighted by molar-refractivity contribution is -0.130. The number of nitrogens with zero attached hydrogens (tertiary/aromatic N) is 2. The zero-order valence-corrected chi connectivity index (χ0v) is 20.7. The third kappa shape index (κ3) is 2.93. The SMILES string of the molecule is CC(C)(C)C(=O)C1C(c2ccc(Br)cc2)C2(C(=O)c3ccccc3C2=O)C2C=CC(C#N)=CN12. The van der Waals surface area contributed by atoms with Crippen LogP contribution < -0.4 is 0 Å². The second-order valence-electron chi connectivity index (χ2n) is 10.1. The van der Waals surface area contributed by atoms with E-state index in [2.05, 4.69) is 22.0 Å². The Labute approximate surface area is 206 Å². The number of hydrogen-bond donors (Lipinski definition) is 0. The van der Waals surface area contributed by atoms with E-state index < -0.39 is 28.8 Å². The van der Waals surface area contributed by atoms with Crippen molar-refractivity contribution in [2.45, 2.75) is 38.8 Å². The molecule has 0 amide bonds. The third-order valence-electron chi connectivity index (χ3n) is 7.20. The van der Waals surface area contributed by atoms with Crippen molar-refractivity contribution in [1.29, 1.82) is 5.26 Å². The Kier molecular flexibility index (Phi) is 5.03. The first-order chi connectivity index (χ1) is 16.1. The number of carbonyl (C=O) groups is 3. The Morgan fingerprint density at radius 1 is 1.03 bits per heavy atom. The van der Waals surface area contributed by atoms with Gasteiger partial charge >= 0.3 is 0 Å². The molecule has 0 bridgehead atoms. The van der Waals surface area contributed by atoms with Crippen molar-refractivity contribution in [3.05, 3.63) is 93.6 Å². The summed E-state index contributed by atoms with van der Waals surface area (Å²) in [6, 6.07) is 15.0. The molecule has 3 unspecified atom stereocenters. The second-order valence-corrected chi connectivity index (χ2v) is 11.0. The summed E-state index contributed by atoms with van der Waals surface area (Å²) < 4.78 is 0.860. The van der Waals surface area contributed by atoms with Crippen LogP contribution in [0.25, 0.3) is 0 Å². The van der Waals surface area contributed by atoms with Crippen molar-refractivity contribution in [1.82, 2.24) is 4.90 Å². The molecule has 3 atom stereocenters. The number of nitriles is 1. The Hall–Kier alpha value is -3.30. The zero-order valence-electron chi connectivity index (χ0n) is 19.1. The van der Waals surface area contributed by atoms with Gasteiger partial charge in [0.25, 0.3) is 0 Å². The van der Waals surface area contributed by atoms with E-state index in [1.165, 1.54) is 0 Å². The number of halogens is 1. The zero-order chi connectivity index (χ0) is 24.4. The van der Waals surface area contributed by atoms with E-state index in [0.717, 1.165) is 10.0 Å². The van der Waals surface area contributed by atoms with Gasteiger partial charge in [-0.1, -0.05) is 79.2 Å². The van der Waals surface area contributed by atoms with Crippen molar-refractivity contribution in [2.24, 2.45) is 10.8 Å². The molecule has 0 saturated carbocycles. The minimum atomic E-state index is -1.50. The number of benzene rings is 2. The largest absolute Gasteiger partial charge is 0.358 e. The van der Waals surface area contributed by atoms with E-state index in [-0.39, 0.29) is 17.3 Å². The highest BCUT2D eigenvalue weighted by Crippen LogP contribution is 2.60. The molecule has 170 valence electrons. The van der Waals surface area contributed by atoms with Crippen molar-refractivity contribution < 1.29 is 14.4 Å². The maximum absolute atomic E-state index is 14.2. The van der Waals surface area contributed by atoms with Crippen LogP contribution in [0.4, 0.5) is 0 Å². The number of hydrogen-bond acceptors (Lipinski definition) is 5. The van der Waals surface area contributed by atoms with Crippen LogP contribution in [0.3, 0.4) is 0 Å². The molecule has 5 nitrogen and oxygen atoms in total. The van der Waals surface area contributed by atoms with E-state index in [9.17, 15) is 19.6 Å². The van der Waals surface area contributed by atoms with Crippen LogP contribution in [0.2, 0.25) is 0 Å². The molecule has 1 fully saturated rings. The minimum Gasteiger partial charge on any atom is -0.358 e. The van der Waals surface area contributed by atoms with Gasteiger partial charge in [-0.15, -0.1) is 0 Å². The first-order valence-corrected chi connectivity index (χ1v) is 12.0. The molecular weight excluding hydrogens is 492 g/mol. The van der Waals surface area contributed by atoms with E-state index in [0.29, 0.717) is 16.7 Å². The quantitative estimate of drug-likeness (QED) is 0.511. The monoisotopic (exact) mass is 514 g/mol. The van der Waals surface area contributed by atoms with Crippen LogP contribution in [0, 0.1) is 22.2 Å². The molecule has 2 heterocycles. The summed E-state index contributed by atoms with van der Waals surface area (Å²) in [4.78, 5) is 44.2. The summed E-state index contributed by atoms with van der Waals surface area (Å²) >= 11 is 3.46. The van der Waals surface area contributed by atoms with Crippen molar-refractivity contribution >= 4 is 33.3 Å². The van der Waals surface area contributed by atoms with Crippen LogP contribution in [0.5, 0.6) is 0 Å². The number of fused-ring (bicyclic) bond motifs is 3. The van der Waals surface area contributed by atoms with Gasteiger partial charge in [-0.25, -0.2) is 0 Å². The van der Waals surface area contributed by atoms with Gasteiger partial charge in [-0.05, 0) is 23.8 Å². The van der Waals surface area contributed by atoms with Crippen molar-refractivity contribution in [2.75, 3.05) is 0 Å². The van der Waals surface area contributed by atoms with E-state index in [4.69, 9.17) is 0 Å².